The molecule has 18 heavy (non-hydrogen) atoms. The molecule has 1 aliphatic carbocycles. The van der Waals surface area contributed by atoms with Gasteiger partial charge >= 0.3 is 5.97 Å². The lowest BCUT2D eigenvalue weighted by atomic mass is 9.80. The second-order valence-corrected chi connectivity index (χ2v) is 4.73. The van der Waals surface area contributed by atoms with Gasteiger partial charge in [0.05, 0.1) is 5.56 Å². The molecule has 1 amide bonds. The molecular formula is C14H17NO3. The van der Waals surface area contributed by atoms with E-state index in [2.05, 4.69) is 5.32 Å². The van der Waals surface area contributed by atoms with Gasteiger partial charge in [0.2, 0.25) is 6.41 Å². The lowest BCUT2D eigenvalue weighted by Gasteiger charge is -2.29. The Bertz CT molecular complexity index is 436. The molecule has 0 atom stereocenters. The van der Waals surface area contributed by atoms with E-state index in [1.165, 1.54) is 0 Å². The van der Waals surface area contributed by atoms with Gasteiger partial charge in [-0.25, -0.2) is 4.79 Å². The lowest BCUT2D eigenvalue weighted by Crippen LogP contribution is -2.31. The summed E-state index contributed by atoms with van der Waals surface area (Å²) < 4.78 is 0. The zero-order chi connectivity index (χ0) is 13.0. The summed E-state index contributed by atoms with van der Waals surface area (Å²) in [4.78, 5) is 21.6. The molecule has 0 aromatic heterocycles. The molecule has 0 heterocycles. The van der Waals surface area contributed by atoms with Crippen LogP contribution in [0.25, 0.3) is 0 Å². The topological polar surface area (TPSA) is 66.4 Å². The summed E-state index contributed by atoms with van der Waals surface area (Å²) in [5, 5.41) is 12.0. The Morgan fingerprint density at radius 1 is 1.22 bits per heavy atom. The molecule has 0 unspecified atom stereocenters. The number of carbonyl (C=O) groups is 2. The van der Waals surface area contributed by atoms with Crippen LogP contribution in [0.1, 0.15) is 47.5 Å². The van der Waals surface area contributed by atoms with Gasteiger partial charge in [0.1, 0.15) is 0 Å². The second kappa shape index (κ2) is 5.67. The minimum atomic E-state index is -0.862. The summed E-state index contributed by atoms with van der Waals surface area (Å²) in [7, 11) is 0. The van der Waals surface area contributed by atoms with Crippen molar-refractivity contribution in [3.05, 3.63) is 35.4 Å². The molecule has 96 valence electrons. The fourth-order valence-corrected chi connectivity index (χ4v) is 2.72. The standard InChI is InChI=1S/C14H17NO3/c16-9-15-11-7-5-10(6-8-11)12-3-1-2-4-13(12)14(17)18/h1-4,9-11H,5-8H2,(H,15,16)(H,17,18). The van der Waals surface area contributed by atoms with Crippen LogP contribution in [0.5, 0.6) is 0 Å². The van der Waals surface area contributed by atoms with E-state index in [-0.39, 0.29) is 6.04 Å². The van der Waals surface area contributed by atoms with Crippen molar-refractivity contribution in [1.82, 2.24) is 5.32 Å². The number of amides is 1. The van der Waals surface area contributed by atoms with Crippen molar-refractivity contribution in [2.45, 2.75) is 37.6 Å². The highest BCUT2D eigenvalue weighted by Gasteiger charge is 2.24. The average Bonchev–Trinajstić information content (AvgIpc) is 2.40. The fraction of sp³-hybridized carbons (Fsp3) is 0.429. The molecular weight excluding hydrogens is 230 g/mol. The van der Waals surface area contributed by atoms with E-state index in [1.54, 1.807) is 12.1 Å². The van der Waals surface area contributed by atoms with E-state index in [0.717, 1.165) is 37.7 Å². The van der Waals surface area contributed by atoms with Crippen LogP contribution in [0, 0.1) is 0 Å². The summed E-state index contributed by atoms with van der Waals surface area (Å²) in [6.07, 6.45) is 4.43. The molecule has 0 spiro atoms. The number of aromatic carboxylic acids is 1. The van der Waals surface area contributed by atoms with Crippen LogP contribution in [0.3, 0.4) is 0 Å². The maximum Gasteiger partial charge on any atom is 0.335 e. The highest BCUT2D eigenvalue weighted by molar-refractivity contribution is 5.89. The van der Waals surface area contributed by atoms with E-state index in [4.69, 9.17) is 0 Å². The summed E-state index contributed by atoms with van der Waals surface area (Å²) in [6.45, 7) is 0. The number of hydrogen-bond acceptors (Lipinski definition) is 2. The molecule has 1 aliphatic rings. The number of rotatable bonds is 4. The van der Waals surface area contributed by atoms with Crippen molar-refractivity contribution in [2.24, 2.45) is 0 Å². The number of carbonyl (C=O) groups excluding carboxylic acids is 1. The van der Waals surface area contributed by atoms with Crippen LogP contribution >= 0.6 is 0 Å². The van der Waals surface area contributed by atoms with Gasteiger partial charge in [0.15, 0.2) is 0 Å². The smallest absolute Gasteiger partial charge is 0.335 e. The first kappa shape index (κ1) is 12.6. The first-order chi connectivity index (χ1) is 8.72. The van der Waals surface area contributed by atoms with Crippen molar-refractivity contribution >= 4 is 12.4 Å². The van der Waals surface area contributed by atoms with E-state index >= 15 is 0 Å². The van der Waals surface area contributed by atoms with E-state index in [0.29, 0.717) is 11.5 Å². The highest BCUT2D eigenvalue weighted by Crippen LogP contribution is 2.34. The van der Waals surface area contributed by atoms with Gasteiger partial charge in [-0.3, -0.25) is 4.79 Å². The maximum absolute atomic E-state index is 11.2. The minimum absolute atomic E-state index is 0.246. The Morgan fingerprint density at radius 3 is 2.50 bits per heavy atom. The third-order valence-corrected chi connectivity index (χ3v) is 3.66. The Kier molecular flexibility index (Phi) is 3.97. The van der Waals surface area contributed by atoms with Crippen molar-refractivity contribution in [2.75, 3.05) is 0 Å². The van der Waals surface area contributed by atoms with E-state index < -0.39 is 5.97 Å². The third kappa shape index (κ3) is 2.70. The molecule has 0 aliphatic heterocycles. The molecule has 2 rings (SSSR count). The second-order valence-electron chi connectivity index (χ2n) is 4.73. The maximum atomic E-state index is 11.2. The predicted molar refractivity (Wildman–Crippen MR) is 67.6 cm³/mol. The molecule has 1 aromatic carbocycles. The van der Waals surface area contributed by atoms with Crippen LogP contribution < -0.4 is 5.32 Å². The van der Waals surface area contributed by atoms with Gasteiger partial charge in [-0.1, -0.05) is 18.2 Å². The number of carboxylic acid groups (broad SMARTS) is 1. The van der Waals surface area contributed by atoms with Gasteiger partial charge in [0, 0.05) is 6.04 Å². The normalized spacial score (nSPS) is 23.3. The quantitative estimate of drug-likeness (QED) is 0.801. The van der Waals surface area contributed by atoms with Crippen LogP contribution in [0.2, 0.25) is 0 Å². The summed E-state index contributed by atoms with van der Waals surface area (Å²) in [6, 6.07) is 7.45. The Balaban J connectivity index is 2.10. The number of carboxylic acids is 1. The zero-order valence-corrected chi connectivity index (χ0v) is 10.1. The molecule has 0 saturated heterocycles. The Hall–Kier alpha value is -1.84. The van der Waals surface area contributed by atoms with Crippen LogP contribution in [0.4, 0.5) is 0 Å². The number of hydrogen-bond donors (Lipinski definition) is 2. The van der Waals surface area contributed by atoms with E-state index in [1.807, 2.05) is 12.1 Å². The van der Waals surface area contributed by atoms with Crippen molar-refractivity contribution in [1.29, 1.82) is 0 Å². The van der Waals surface area contributed by atoms with Crippen LogP contribution in [0.15, 0.2) is 24.3 Å². The third-order valence-electron chi connectivity index (χ3n) is 3.66. The van der Waals surface area contributed by atoms with Crippen LogP contribution in [-0.2, 0) is 4.79 Å². The van der Waals surface area contributed by atoms with Crippen molar-refractivity contribution in [3.63, 3.8) is 0 Å². The molecule has 1 saturated carbocycles. The molecule has 0 bridgehead atoms. The van der Waals surface area contributed by atoms with Gasteiger partial charge in [-0.2, -0.15) is 0 Å². The molecule has 1 aromatic rings. The minimum Gasteiger partial charge on any atom is -0.478 e. The SMILES string of the molecule is O=CNC1CCC(c2ccccc2C(=O)O)CC1. The monoisotopic (exact) mass is 247 g/mol. The molecule has 2 N–H and O–H groups in total. The highest BCUT2D eigenvalue weighted by atomic mass is 16.4. The van der Waals surface area contributed by atoms with Gasteiger partial charge in [0.25, 0.3) is 0 Å². The first-order valence-electron chi connectivity index (χ1n) is 6.24. The first-order valence-corrected chi connectivity index (χ1v) is 6.24. The van der Waals surface area contributed by atoms with Gasteiger partial charge in [-0.05, 0) is 43.2 Å². The molecule has 4 heteroatoms. The molecule has 4 nitrogen and oxygen atoms in total. The number of nitrogens with one attached hydrogen (secondary N) is 1. The molecule has 0 radical (unpaired) electrons. The Morgan fingerprint density at radius 2 is 1.89 bits per heavy atom. The van der Waals surface area contributed by atoms with Crippen LogP contribution in [-0.4, -0.2) is 23.5 Å². The van der Waals surface area contributed by atoms with Gasteiger partial charge in [-0.15, -0.1) is 0 Å². The lowest BCUT2D eigenvalue weighted by molar-refractivity contribution is -0.110. The summed E-state index contributed by atoms with van der Waals surface area (Å²) in [5.41, 5.74) is 1.33. The predicted octanol–water partition coefficient (Wildman–Crippen LogP) is 2.16. The van der Waals surface area contributed by atoms with Crippen molar-refractivity contribution in [3.8, 4) is 0 Å². The summed E-state index contributed by atoms with van der Waals surface area (Å²) in [5.74, 6) is -0.569. The largest absolute Gasteiger partial charge is 0.478 e. The number of benzene rings is 1. The van der Waals surface area contributed by atoms with E-state index in [9.17, 15) is 14.7 Å². The van der Waals surface area contributed by atoms with Crippen molar-refractivity contribution < 1.29 is 14.7 Å². The fourth-order valence-electron chi connectivity index (χ4n) is 2.72. The zero-order valence-electron chi connectivity index (χ0n) is 10.1. The van der Waals surface area contributed by atoms with Gasteiger partial charge < -0.3 is 10.4 Å². The molecule has 1 fully saturated rings. The average molecular weight is 247 g/mol. The Labute approximate surface area is 106 Å². The summed E-state index contributed by atoms with van der Waals surface area (Å²) >= 11 is 0.